The highest BCUT2D eigenvalue weighted by Crippen LogP contribution is 2.26. The summed E-state index contributed by atoms with van der Waals surface area (Å²) in [4.78, 5) is 2.47. The molecule has 3 N–H and O–H groups in total. The summed E-state index contributed by atoms with van der Waals surface area (Å²) in [6.45, 7) is 6.61. The van der Waals surface area contributed by atoms with Crippen molar-refractivity contribution >= 4 is 5.84 Å². The molecular weight excluding hydrogens is 186 g/mol. The van der Waals surface area contributed by atoms with Gasteiger partial charge < -0.3 is 10.6 Å². The second kappa shape index (κ2) is 6.11. The topological polar surface area (TPSA) is 53.1 Å². The van der Waals surface area contributed by atoms with Crippen LogP contribution >= 0.6 is 0 Å². The van der Waals surface area contributed by atoms with Crippen molar-refractivity contribution in [1.82, 2.24) is 4.90 Å². The molecule has 1 aliphatic rings. The van der Waals surface area contributed by atoms with Gasteiger partial charge in [-0.05, 0) is 32.6 Å². The third-order valence-corrected chi connectivity index (χ3v) is 3.37. The van der Waals surface area contributed by atoms with Crippen LogP contribution in [0.2, 0.25) is 0 Å². The van der Waals surface area contributed by atoms with E-state index in [0.29, 0.717) is 18.3 Å². The molecule has 1 aliphatic carbocycles. The molecule has 0 saturated heterocycles. The molecule has 3 heteroatoms. The standard InChI is InChI=1S/C12H25N3/c1-10(2)15(8-7-12(13)14)9-11-5-3-4-6-11/h10-11H,3-9H2,1-2H3,(H3,13,14). The van der Waals surface area contributed by atoms with Gasteiger partial charge in [0.2, 0.25) is 0 Å². The highest BCUT2D eigenvalue weighted by atomic mass is 15.1. The van der Waals surface area contributed by atoms with Crippen molar-refractivity contribution in [2.45, 2.75) is 52.0 Å². The first kappa shape index (κ1) is 12.5. The minimum Gasteiger partial charge on any atom is -0.388 e. The Morgan fingerprint density at radius 1 is 1.40 bits per heavy atom. The van der Waals surface area contributed by atoms with E-state index in [9.17, 15) is 0 Å². The van der Waals surface area contributed by atoms with Crippen molar-refractivity contribution in [2.75, 3.05) is 13.1 Å². The predicted octanol–water partition coefficient (Wildman–Crippen LogP) is 2.21. The lowest BCUT2D eigenvalue weighted by Gasteiger charge is -2.29. The molecular formula is C12H25N3. The normalized spacial score (nSPS) is 17.9. The lowest BCUT2D eigenvalue weighted by atomic mass is 10.1. The smallest absolute Gasteiger partial charge is 0.0918 e. The highest BCUT2D eigenvalue weighted by molar-refractivity contribution is 5.76. The summed E-state index contributed by atoms with van der Waals surface area (Å²) in [5, 5.41) is 7.26. The van der Waals surface area contributed by atoms with Gasteiger partial charge >= 0.3 is 0 Å². The van der Waals surface area contributed by atoms with E-state index in [1.807, 2.05) is 0 Å². The van der Waals surface area contributed by atoms with Gasteiger partial charge in [-0.1, -0.05) is 12.8 Å². The van der Waals surface area contributed by atoms with Crippen LogP contribution in [0.1, 0.15) is 46.0 Å². The Morgan fingerprint density at radius 3 is 2.47 bits per heavy atom. The number of nitrogens with one attached hydrogen (secondary N) is 1. The summed E-state index contributed by atoms with van der Waals surface area (Å²) in [6, 6.07) is 0.574. The maximum absolute atomic E-state index is 7.26. The van der Waals surface area contributed by atoms with Crippen LogP contribution in [0.5, 0.6) is 0 Å². The maximum atomic E-state index is 7.26. The van der Waals surface area contributed by atoms with Crippen molar-refractivity contribution in [3.8, 4) is 0 Å². The molecule has 0 bridgehead atoms. The molecule has 0 spiro atoms. The first-order valence-corrected chi connectivity index (χ1v) is 6.16. The molecule has 0 heterocycles. The van der Waals surface area contributed by atoms with Crippen molar-refractivity contribution in [3.05, 3.63) is 0 Å². The SMILES string of the molecule is CC(C)N(CCC(=N)N)CC1CCCC1. The van der Waals surface area contributed by atoms with Crippen molar-refractivity contribution < 1.29 is 0 Å². The van der Waals surface area contributed by atoms with Crippen LogP contribution in [0.25, 0.3) is 0 Å². The molecule has 0 aliphatic heterocycles. The highest BCUT2D eigenvalue weighted by Gasteiger charge is 2.19. The quantitative estimate of drug-likeness (QED) is 0.523. The van der Waals surface area contributed by atoms with Crippen molar-refractivity contribution in [3.63, 3.8) is 0 Å². The van der Waals surface area contributed by atoms with Gasteiger partial charge in [0, 0.05) is 25.6 Å². The fourth-order valence-corrected chi connectivity index (χ4v) is 2.35. The van der Waals surface area contributed by atoms with Gasteiger partial charge in [0.25, 0.3) is 0 Å². The number of amidine groups is 1. The van der Waals surface area contributed by atoms with Gasteiger partial charge in [-0.2, -0.15) is 0 Å². The molecule has 0 amide bonds. The lowest BCUT2D eigenvalue weighted by molar-refractivity contribution is 0.193. The zero-order valence-electron chi connectivity index (χ0n) is 10.1. The third kappa shape index (κ3) is 4.65. The van der Waals surface area contributed by atoms with E-state index in [2.05, 4.69) is 18.7 Å². The molecule has 1 rings (SSSR count). The molecule has 0 unspecified atom stereocenters. The fourth-order valence-electron chi connectivity index (χ4n) is 2.35. The molecule has 15 heavy (non-hydrogen) atoms. The Hall–Kier alpha value is -0.570. The van der Waals surface area contributed by atoms with E-state index < -0.39 is 0 Å². The maximum Gasteiger partial charge on any atom is 0.0918 e. The number of nitrogens with zero attached hydrogens (tertiary/aromatic N) is 1. The Balaban J connectivity index is 2.32. The van der Waals surface area contributed by atoms with Crippen LogP contribution in [-0.2, 0) is 0 Å². The fraction of sp³-hybridized carbons (Fsp3) is 0.917. The first-order chi connectivity index (χ1) is 7.09. The predicted molar refractivity (Wildman–Crippen MR) is 65.2 cm³/mol. The van der Waals surface area contributed by atoms with Crippen LogP contribution in [0, 0.1) is 11.3 Å². The molecule has 0 aromatic rings. The first-order valence-electron chi connectivity index (χ1n) is 6.16. The van der Waals surface area contributed by atoms with E-state index >= 15 is 0 Å². The average Bonchev–Trinajstić information content (AvgIpc) is 2.63. The number of nitrogens with two attached hydrogens (primary N) is 1. The summed E-state index contributed by atoms with van der Waals surface area (Å²) in [5.74, 6) is 1.20. The molecule has 0 aromatic carbocycles. The Labute approximate surface area is 93.5 Å². The second-order valence-electron chi connectivity index (χ2n) is 5.01. The van der Waals surface area contributed by atoms with E-state index in [0.717, 1.165) is 12.5 Å². The van der Waals surface area contributed by atoms with Gasteiger partial charge in [0.1, 0.15) is 0 Å². The van der Waals surface area contributed by atoms with E-state index in [1.165, 1.54) is 32.2 Å². The lowest BCUT2D eigenvalue weighted by Crippen LogP contribution is -2.37. The van der Waals surface area contributed by atoms with E-state index in [4.69, 9.17) is 11.1 Å². The van der Waals surface area contributed by atoms with Gasteiger partial charge in [-0.3, -0.25) is 5.41 Å². The largest absolute Gasteiger partial charge is 0.388 e. The Kier molecular flexibility index (Phi) is 5.09. The number of rotatable bonds is 6. The van der Waals surface area contributed by atoms with E-state index in [-0.39, 0.29) is 0 Å². The van der Waals surface area contributed by atoms with Crippen molar-refractivity contribution in [1.29, 1.82) is 5.41 Å². The molecule has 0 radical (unpaired) electrons. The van der Waals surface area contributed by atoms with Crippen LogP contribution in [0.3, 0.4) is 0 Å². The minimum absolute atomic E-state index is 0.312. The zero-order valence-corrected chi connectivity index (χ0v) is 10.1. The number of hydrogen-bond acceptors (Lipinski definition) is 2. The Morgan fingerprint density at radius 2 is 2.00 bits per heavy atom. The monoisotopic (exact) mass is 211 g/mol. The second-order valence-corrected chi connectivity index (χ2v) is 5.01. The molecule has 0 atom stereocenters. The summed E-state index contributed by atoms with van der Waals surface area (Å²) in [6.07, 6.45) is 6.31. The molecule has 0 aromatic heterocycles. The van der Waals surface area contributed by atoms with Crippen LogP contribution in [0.4, 0.5) is 0 Å². The van der Waals surface area contributed by atoms with Gasteiger partial charge in [-0.15, -0.1) is 0 Å². The molecule has 88 valence electrons. The third-order valence-electron chi connectivity index (χ3n) is 3.37. The zero-order chi connectivity index (χ0) is 11.3. The summed E-state index contributed by atoms with van der Waals surface area (Å²) >= 11 is 0. The van der Waals surface area contributed by atoms with Gasteiger partial charge in [0.15, 0.2) is 0 Å². The number of hydrogen-bond donors (Lipinski definition) is 2. The van der Waals surface area contributed by atoms with Crippen LogP contribution in [-0.4, -0.2) is 29.9 Å². The summed E-state index contributed by atoms with van der Waals surface area (Å²) in [5.41, 5.74) is 5.41. The Bertz CT molecular complexity index is 195. The molecule has 3 nitrogen and oxygen atoms in total. The van der Waals surface area contributed by atoms with Crippen molar-refractivity contribution in [2.24, 2.45) is 11.7 Å². The van der Waals surface area contributed by atoms with Gasteiger partial charge in [-0.25, -0.2) is 0 Å². The van der Waals surface area contributed by atoms with Gasteiger partial charge in [0.05, 0.1) is 5.84 Å². The molecule has 1 saturated carbocycles. The minimum atomic E-state index is 0.312. The van der Waals surface area contributed by atoms with E-state index in [1.54, 1.807) is 0 Å². The summed E-state index contributed by atoms with van der Waals surface area (Å²) in [7, 11) is 0. The molecule has 1 fully saturated rings. The van der Waals surface area contributed by atoms with Crippen LogP contribution in [0.15, 0.2) is 0 Å². The van der Waals surface area contributed by atoms with Crippen LogP contribution < -0.4 is 5.73 Å². The average molecular weight is 211 g/mol. The summed E-state index contributed by atoms with van der Waals surface area (Å²) < 4.78 is 0.